The summed E-state index contributed by atoms with van der Waals surface area (Å²) in [5.41, 5.74) is 2.22. The maximum atomic E-state index is 12.3. The molecule has 7 nitrogen and oxygen atoms in total. The first kappa shape index (κ1) is 20.3. The molecule has 2 N–H and O–H groups in total. The molecule has 0 spiro atoms. The van der Waals surface area contributed by atoms with Crippen LogP contribution in [0.2, 0.25) is 0 Å². The molecule has 0 aromatic heterocycles. The summed E-state index contributed by atoms with van der Waals surface area (Å²) < 4.78 is 10.5. The molecule has 0 fully saturated rings. The van der Waals surface area contributed by atoms with E-state index < -0.39 is 0 Å². The van der Waals surface area contributed by atoms with Gasteiger partial charge < -0.3 is 25.0 Å². The summed E-state index contributed by atoms with van der Waals surface area (Å²) in [7, 11) is 3.15. The number of nitrogens with one attached hydrogen (secondary N) is 2. The van der Waals surface area contributed by atoms with Crippen LogP contribution in [-0.4, -0.2) is 50.8 Å². The van der Waals surface area contributed by atoms with Crippen molar-refractivity contribution in [3.63, 3.8) is 0 Å². The number of methoxy groups -OCH3 is 1. The summed E-state index contributed by atoms with van der Waals surface area (Å²) in [6, 6.07) is 14.4. The number of anilines is 2. The molecule has 27 heavy (non-hydrogen) atoms. The number of likely N-dealkylation sites (N-methyl/N-ethyl adjacent to an activating group) is 1. The fourth-order valence-corrected chi connectivity index (χ4v) is 2.33. The standard InChI is InChI=1S/C20H25N3O4/c1-15-7-4-5-10-18(15)27-12-11-23(2)20(25)22-17-9-6-8-16(13-17)21-19(24)14-26-3/h4-10,13H,11-12,14H2,1-3H3,(H,21,24)(H,22,25). The first-order chi connectivity index (χ1) is 13.0. The molecule has 2 aromatic rings. The van der Waals surface area contributed by atoms with Gasteiger partial charge in [0.1, 0.15) is 19.0 Å². The van der Waals surface area contributed by atoms with Gasteiger partial charge >= 0.3 is 6.03 Å². The maximum Gasteiger partial charge on any atom is 0.321 e. The Morgan fingerprint density at radius 3 is 2.44 bits per heavy atom. The largest absolute Gasteiger partial charge is 0.491 e. The van der Waals surface area contributed by atoms with Crippen LogP contribution in [0.5, 0.6) is 5.75 Å². The van der Waals surface area contributed by atoms with E-state index in [0.717, 1.165) is 11.3 Å². The van der Waals surface area contributed by atoms with Crippen LogP contribution in [0.25, 0.3) is 0 Å². The van der Waals surface area contributed by atoms with Crippen molar-refractivity contribution in [1.82, 2.24) is 4.90 Å². The Morgan fingerprint density at radius 2 is 1.74 bits per heavy atom. The van der Waals surface area contributed by atoms with Gasteiger partial charge in [-0.05, 0) is 36.8 Å². The Bertz CT molecular complexity index is 779. The van der Waals surface area contributed by atoms with E-state index in [4.69, 9.17) is 9.47 Å². The van der Waals surface area contributed by atoms with Crippen LogP contribution in [0, 0.1) is 6.92 Å². The number of aryl methyl sites for hydroxylation is 1. The molecule has 0 saturated heterocycles. The van der Waals surface area contributed by atoms with Gasteiger partial charge in [0.25, 0.3) is 0 Å². The number of carbonyl (C=O) groups is 2. The van der Waals surface area contributed by atoms with Gasteiger partial charge in [-0.1, -0.05) is 24.3 Å². The second kappa shape index (κ2) is 10.2. The molecule has 0 heterocycles. The zero-order valence-electron chi connectivity index (χ0n) is 15.8. The van der Waals surface area contributed by atoms with Crippen LogP contribution >= 0.6 is 0 Å². The van der Waals surface area contributed by atoms with E-state index in [2.05, 4.69) is 10.6 Å². The molecule has 0 aliphatic heterocycles. The SMILES string of the molecule is COCC(=O)Nc1cccc(NC(=O)N(C)CCOc2ccccc2C)c1. The van der Waals surface area contributed by atoms with Gasteiger partial charge in [0, 0.05) is 25.5 Å². The zero-order chi connectivity index (χ0) is 19.6. The van der Waals surface area contributed by atoms with Gasteiger partial charge in [0.2, 0.25) is 5.91 Å². The Morgan fingerprint density at radius 1 is 1.04 bits per heavy atom. The number of nitrogens with zero attached hydrogens (tertiary/aromatic N) is 1. The van der Waals surface area contributed by atoms with Crippen LogP contribution in [0.3, 0.4) is 0 Å². The Hall–Kier alpha value is -3.06. The topological polar surface area (TPSA) is 79.9 Å². The van der Waals surface area contributed by atoms with E-state index in [1.165, 1.54) is 12.0 Å². The highest BCUT2D eigenvalue weighted by molar-refractivity contribution is 5.94. The van der Waals surface area contributed by atoms with Gasteiger partial charge in [-0.3, -0.25) is 4.79 Å². The first-order valence-corrected chi connectivity index (χ1v) is 8.59. The van der Waals surface area contributed by atoms with Crippen molar-refractivity contribution < 1.29 is 19.1 Å². The summed E-state index contributed by atoms with van der Waals surface area (Å²) in [5, 5.41) is 5.49. The lowest BCUT2D eigenvalue weighted by Gasteiger charge is -2.19. The smallest absolute Gasteiger partial charge is 0.321 e. The number of amides is 3. The summed E-state index contributed by atoms with van der Waals surface area (Å²) in [5.74, 6) is 0.553. The summed E-state index contributed by atoms with van der Waals surface area (Å²) >= 11 is 0. The molecule has 0 atom stereocenters. The molecule has 2 aromatic carbocycles. The van der Waals surface area contributed by atoms with E-state index in [9.17, 15) is 9.59 Å². The zero-order valence-corrected chi connectivity index (χ0v) is 15.8. The highest BCUT2D eigenvalue weighted by Gasteiger charge is 2.10. The number of rotatable bonds is 8. The fourth-order valence-electron chi connectivity index (χ4n) is 2.33. The monoisotopic (exact) mass is 371 g/mol. The van der Waals surface area contributed by atoms with Crippen LogP contribution in [-0.2, 0) is 9.53 Å². The van der Waals surface area contributed by atoms with Crippen molar-refractivity contribution in [3.05, 3.63) is 54.1 Å². The average Bonchev–Trinajstić information content (AvgIpc) is 2.63. The third kappa shape index (κ3) is 6.63. The van der Waals surface area contributed by atoms with E-state index in [1.54, 1.807) is 31.3 Å². The number of hydrogen-bond donors (Lipinski definition) is 2. The third-order valence-electron chi connectivity index (χ3n) is 3.80. The lowest BCUT2D eigenvalue weighted by atomic mass is 10.2. The van der Waals surface area contributed by atoms with Crippen molar-refractivity contribution in [1.29, 1.82) is 0 Å². The number of carbonyl (C=O) groups excluding carboxylic acids is 2. The molecule has 0 saturated carbocycles. The fraction of sp³-hybridized carbons (Fsp3) is 0.300. The van der Waals surface area contributed by atoms with Crippen molar-refractivity contribution in [2.75, 3.05) is 44.5 Å². The summed E-state index contributed by atoms with van der Waals surface area (Å²) in [4.78, 5) is 25.4. The quantitative estimate of drug-likeness (QED) is 0.747. The van der Waals surface area contributed by atoms with E-state index >= 15 is 0 Å². The van der Waals surface area contributed by atoms with Gasteiger partial charge in [-0.2, -0.15) is 0 Å². The summed E-state index contributed by atoms with van der Waals surface area (Å²) in [6.45, 7) is 2.77. The van der Waals surface area contributed by atoms with Crippen molar-refractivity contribution in [3.8, 4) is 5.75 Å². The van der Waals surface area contributed by atoms with Crippen LogP contribution in [0.1, 0.15) is 5.56 Å². The maximum absolute atomic E-state index is 12.3. The average molecular weight is 371 g/mol. The molecule has 3 amide bonds. The molecule has 0 aliphatic carbocycles. The number of benzene rings is 2. The highest BCUT2D eigenvalue weighted by atomic mass is 16.5. The molecule has 7 heteroatoms. The Labute approximate surface area is 159 Å². The second-order valence-electron chi connectivity index (χ2n) is 6.03. The van der Waals surface area contributed by atoms with Gasteiger partial charge in [-0.15, -0.1) is 0 Å². The summed E-state index contributed by atoms with van der Waals surface area (Å²) in [6.07, 6.45) is 0. The van der Waals surface area contributed by atoms with Gasteiger partial charge in [-0.25, -0.2) is 4.79 Å². The predicted octanol–water partition coefficient (Wildman–Crippen LogP) is 3.12. The molecule has 0 bridgehead atoms. The number of ether oxygens (including phenoxy) is 2. The molecular weight excluding hydrogens is 346 g/mol. The minimum Gasteiger partial charge on any atom is -0.491 e. The Kier molecular flexibility index (Phi) is 7.63. The highest BCUT2D eigenvalue weighted by Crippen LogP contribution is 2.17. The number of para-hydroxylation sites is 1. The van der Waals surface area contributed by atoms with Gasteiger partial charge in [0.15, 0.2) is 0 Å². The van der Waals surface area contributed by atoms with Crippen LogP contribution < -0.4 is 15.4 Å². The van der Waals surface area contributed by atoms with Crippen molar-refractivity contribution in [2.45, 2.75) is 6.92 Å². The Balaban J connectivity index is 1.83. The second-order valence-corrected chi connectivity index (χ2v) is 6.03. The van der Waals surface area contributed by atoms with Crippen molar-refractivity contribution >= 4 is 23.3 Å². The minimum atomic E-state index is -0.260. The molecule has 0 radical (unpaired) electrons. The van der Waals surface area contributed by atoms with E-state index in [1.807, 2.05) is 31.2 Å². The van der Waals surface area contributed by atoms with E-state index in [-0.39, 0.29) is 18.5 Å². The lowest BCUT2D eigenvalue weighted by Crippen LogP contribution is -2.34. The molecule has 0 unspecified atom stereocenters. The predicted molar refractivity (Wildman–Crippen MR) is 105 cm³/mol. The number of urea groups is 1. The normalized spacial score (nSPS) is 10.2. The van der Waals surface area contributed by atoms with E-state index in [0.29, 0.717) is 24.5 Å². The van der Waals surface area contributed by atoms with Crippen LogP contribution in [0.15, 0.2) is 48.5 Å². The molecular formula is C20H25N3O4. The molecule has 2 rings (SSSR count). The molecule has 0 aliphatic rings. The minimum absolute atomic E-state index is 0.0276. The first-order valence-electron chi connectivity index (χ1n) is 8.59. The van der Waals surface area contributed by atoms with Crippen molar-refractivity contribution in [2.24, 2.45) is 0 Å². The third-order valence-corrected chi connectivity index (χ3v) is 3.80. The molecule has 144 valence electrons. The lowest BCUT2D eigenvalue weighted by molar-refractivity contribution is -0.119. The van der Waals surface area contributed by atoms with Crippen LogP contribution in [0.4, 0.5) is 16.2 Å². The number of hydrogen-bond acceptors (Lipinski definition) is 4. The van der Waals surface area contributed by atoms with Gasteiger partial charge in [0.05, 0.1) is 6.54 Å².